The van der Waals surface area contributed by atoms with Crippen LogP contribution >= 0.6 is 0 Å². The van der Waals surface area contributed by atoms with E-state index in [1.807, 2.05) is 0 Å². The van der Waals surface area contributed by atoms with Crippen LogP contribution in [-0.4, -0.2) is 22.0 Å². The number of benzene rings is 1. The number of carbonyl (C=O) groups excluding carboxylic acids is 1. The van der Waals surface area contributed by atoms with Crippen molar-refractivity contribution in [2.24, 2.45) is 0 Å². The fraction of sp³-hybridized carbons (Fsp3) is 0.0833. The number of carboxylic acids is 1. The molecule has 0 fully saturated rings. The zero-order chi connectivity index (χ0) is 13.1. The summed E-state index contributed by atoms with van der Waals surface area (Å²) in [5.41, 5.74) is 0.825. The molecule has 0 bridgehead atoms. The summed E-state index contributed by atoms with van der Waals surface area (Å²) < 4.78 is 4.92. The molecule has 0 spiro atoms. The summed E-state index contributed by atoms with van der Waals surface area (Å²) >= 11 is 0. The van der Waals surface area contributed by atoms with Crippen molar-refractivity contribution in [3.63, 3.8) is 0 Å². The Balaban J connectivity index is 2.10. The molecule has 0 unspecified atom stereocenters. The number of carboxylic acid groups (broad SMARTS) is 1. The van der Waals surface area contributed by atoms with Gasteiger partial charge in [0.1, 0.15) is 6.26 Å². The van der Waals surface area contributed by atoms with Gasteiger partial charge in [-0.15, -0.1) is 0 Å². The van der Waals surface area contributed by atoms with E-state index in [1.165, 1.54) is 30.5 Å². The van der Waals surface area contributed by atoms with E-state index in [1.54, 1.807) is 6.92 Å². The number of anilines is 1. The Morgan fingerprint density at radius 2 is 1.94 bits per heavy atom. The van der Waals surface area contributed by atoms with Gasteiger partial charge in [0, 0.05) is 12.6 Å². The third-order valence-electron chi connectivity index (χ3n) is 2.24. The predicted octanol–water partition coefficient (Wildman–Crippen LogP) is 1.93. The fourth-order valence-electron chi connectivity index (χ4n) is 1.36. The summed E-state index contributed by atoms with van der Waals surface area (Å²) in [6, 6.07) is 5.83. The van der Waals surface area contributed by atoms with E-state index >= 15 is 0 Å². The first-order valence-electron chi connectivity index (χ1n) is 5.13. The maximum absolute atomic E-state index is 11.7. The van der Waals surface area contributed by atoms with Crippen LogP contribution in [0.25, 0.3) is 0 Å². The third-order valence-corrected chi connectivity index (χ3v) is 2.24. The van der Waals surface area contributed by atoms with E-state index in [0.717, 1.165) is 0 Å². The number of aromatic carboxylic acids is 1. The number of nitrogens with one attached hydrogen (secondary N) is 1. The van der Waals surface area contributed by atoms with E-state index in [0.29, 0.717) is 11.6 Å². The Hall–Kier alpha value is -2.63. The normalized spacial score (nSPS) is 10.1. The molecule has 2 N–H and O–H groups in total. The molecule has 1 amide bonds. The van der Waals surface area contributed by atoms with E-state index in [9.17, 15) is 9.59 Å². The van der Waals surface area contributed by atoms with E-state index < -0.39 is 11.9 Å². The predicted molar refractivity (Wildman–Crippen MR) is 62.6 cm³/mol. The number of amides is 1. The smallest absolute Gasteiger partial charge is 0.335 e. The van der Waals surface area contributed by atoms with Gasteiger partial charge in [-0.05, 0) is 24.3 Å². The third kappa shape index (κ3) is 2.54. The molecule has 1 aromatic heterocycles. The summed E-state index contributed by atoms with van der Waals surface area (Å²) in [6.07, 6.45) is 1.26. The molecular formula is C12H10N2O4. The van der Waals surface area contributed by atoms with Crippen molar-refractivity contribution in [1.82, 2.24) is 4.98 Å². The molecule has 0 radical (unpaired) electrons. The van der Waals surface area contributed by atoms with Crippen LogP contribution in [0.1, 0.15) is 26.7 Å². The largest absolute Gasteiger partial charge is 0.478 e. The van der Waals surface area contributed by atoms with Gasteiger partial charge in [-0.25, -0.2) is 9.78 Å². The minimum Gasteiger partial charge on any atom is -0.478 e. The monoisotopic (exact) mass is 246 g/mol. The molecule has 6 heteroatoms. The number of nitrogens with zero attached hydrogens (tertiary/aromatic N) is 1. The number of hydrogen-bond donors (Lipinski definition) is 2. The molecule has 18 heavy (non-hydrogen) atoms. The number of oxazole rings is 1. The van der Waals surface area contributed by atoms with Crippen LogP contribution in [0.3, 0.4) is 0 Å². The summed E-state index contributed by atoms with van der Waals surface area (Å²) in [6.45, 7) is 1.64. The van der Waals surface area contributed by atoms with Crippen LogP contribution in [0.5, 0.6) is 0 Å². The molecule has 0 saturated carbocycles. The first-order valence-corrected chi connectivity index (χ1v) is 5.13. The van der Waals surface area contributed by atoms with Gasteiger partial charge < -0.3 is 14.8 Å². The Labute approximate surface area is 102 Å². The lowest BCUT2D eigenvalue weighted by molar-refractivity contribution is 0.0696. The molecule has 0 aliphatic carbocycles. The number of aryl methyl sites for hydroxylation is 1. The standard InChI is InChI=1S/C12H10N2O4/c1-7-13-10(6-18-7)11(15)14-9-4-2-8(3-5-9)12(16)17/h2-6H,1H3,(H,14,15)(H,16,17). The average molecular weight is 246 g/mol. The molecule has 1 aromatic carbocycles. The van der Waals surface area contributed by atoms with Crippen molar-refractivity contribution < 1.29 is 19.1 Å². The summed E-state index contributed by atoms with van der Waals surface area (Å²) in [7, 11) is 0. The Morgan fingerprint density at radius 1 is 1.28 bits per heavy atom. The SMILES string of the molecule is Cc1nc(C(=O)Nc2ccc(C(=O)O)cc2)co1. The van der Waals surface area contributed by atoms with Crippen LogP contribution in [-0.2, 0) is 0 Å². The van der Waals surface area contributed by atoms with E-state index in [-0.39, 0.29) is 11.3 Å². The number of rotatable bonds is 3. The van der Waals surface area contributed by atoms with Gasteiger partial charge in [0.05, 0.1) is 5.56 Å². The zero-order valence-electron chi connectivity index (χ0n) is 9.51. The molecule has 6 nitrogen and oxygen atoms in total. The van der Waals surface area contributed by atoms with Gasteiger partial charge in [0.15, 0.2) is 11.6 Å². The second kappa shape index (κ2) is 4.70. The second-order valence-corrected chi connectivity index (χ2v) is 3.59. The quantitative estimate of drug-likeness (QED) is 0.863. The molecule has 0 aliphatic rings. The lowest BCUT2D eigenvalue weighted by Gasteiger charge is -2.02. The molecule has 2 rings (SSSR count). The fourth-order valence-corrected chi connectivity index (χ4v) is 1.36. The first-order chi connectivity index (χ1) is 8.56. The molecule has 0 saturated heterocycles. The van der Waals surface area contributed by atoms with Gasteiger partial charge in [0.2, 0.25) is 0 Å². The first kappa shape index (κ1) is 11.8. The van der Waals surface area contributed by atoms with Crippen LogP contribution < -0.4 is 5.32 Å². The van der Waals surface area contributed by atoms with Crippen molar-refractivity contribution in [3.8, 4) is 0 Å². The summed E-state index contributed by atoms with van der Waals surface area (Å²) in [4.78, 5) is 26.2. The molecule has 92 valence electrons. The van der Waals surface area contributed by atoms with Crippen molar-refractivity contribution in [3.05, 3.63) is 47.7 Å². The average Bonchev–Trinajstić information content (AvgIpc) is 2.76. The van der Waals surface area contributed by atoms with Crippen molar-refractivity contribution in [2.75, 3.05) is 5.32 Å². The summed E-state index contributed by atoms with van der Waals surface area (Å²) in [5.74, 6) is -1.02. The van der Waals surface area contributed by atoms with Gasteiger partial charge in [-0.3, -0.25) is 4.79 Å². The van der Waals surface area contributed by atoms with Gasteiger partial charge in [-0.1, -0.05) is 0 Å². The highest BCUT2D eigenvalue weighted by molar-refractivity contribution is 6.02. The van der Waals surface area contributed by atoms with Gasteiger partial charge in [0.25, 0.3) is 5.91 Å². The Morgan fingerprint density at radius 3 is 2.44 bits per heavy atom. The molecular weight excluding hydrogens is 236 g/mol. The maximum atomic E-state index is 11.7. The molecule has 0 aliphatic heterocycles. The highest BCUT2D eigenvalue weighted by Gasteiger charge is 2.11. The minimum atomic E-state index is -1.01. The molecule has 2 aromatic rings. The van der Waals surface area contributed by atoms with E-state index in [2.05, 4.69) is 10.3 Å². The zero-order valence-corrected chi connectivity index (χ0v) is 9.51. The van der Waals surface area contributed by atoms with Gasteiger partial charge >= 0.3 is 5.97 Å². The topological polar surface area (TPSA) is 92.4 Å². The highest BCUT2D eigenvalue weighted by Crippen LogP contribution is 2.11. The van der Waals surface area contributed by atoms with Crippen LogP contribution in [0.2, 0.25) is 0 Å². The Bertz CT molecular complexity index is 586. The van der Waals surface area contributed by atoms with Crippen molar-refractivity contribution in [2.45, 2.75) is 6.92 Å². The highest BCUT2D eigenvalue weighted by atomic mass is 16.4. The lowest BCUT2D eigenvalue weighted by atomic mass is 10.2. The Kier molecular flexibility index (Phi) is 3.09. The van der Waals surface area contributed by atoms with Crippen LogP contribution in [0, 0.1) is 6.92 Å². The lowest BCUT2D eigenvalue weighted by Crippen LogP contribution is -2.12. The summed E-state index contributed by atoms with van der Waals surface area (Å²) in [5, 5.41) is 11.3. The van der Waals surface area contributed by atoms with Crippen LogP contribution in [0.15, 0.2) is 34.9 Å². The van der Waals surface area contributed by atoms with Crippen molar-refractivity contribution in [1.29, 1.82) is 0 Å². The van der Waals surface area contributed by atoms with E-state index in [4.69, 9.17) is 9.52 Å². The number of aromatic nitrogens is 1. The molecule has 1 heterocycles. The number of carbonyl (C=O) groups is 2. The van der Waals surface area contributed by atoms with Crippen LogP contribution in [0.4, 0.5) is 5.69 Å². The van der Waals surface area contributed by atoms with Gasteiger partial charge in [-0.2, -0.15) is 0 Å². The maximum Gasteiger partial charge on any atom is 0.335 e. The second-order valence-electron chi connectivity index (χ2n) is 3.59. The van der Waals surface area contributed by atoms with Crippen molar-refractivity contribution >= 4 is 17.6 Å². The molecule has 0 atom stereocenters. The number of hydrogen-bond acceptors (Lipinski definition) is 4. The minimum absolute atomic E-state index is 0.158.